The number of aliphatic hydroxyl groups is 1. The predicted octanol–water partition coefficient (Wildman–Crippen LogP) is 3.33. The Balaban J connectivity index is 1.89. The summed E-state index contributed by atoms with van der Waals surface area (Å²) in [4.78, 5) is 10.3. The zero-order chi connectivity index (χ0) is 16.5. The highest BCUT2D eigenvalue weighted by Gasteiger charge is 2.22. The smallest absolute Gasteiger partial charge is 0.165 e. The molecule has 0 aliphatic carbocycles. The highest BCUT2D eigenvalue weighted by molar-refractivity contribution is 5.39. The third kappa shape index (κ3) is 5.06. The van der Waals surface area contributed by atoms with E-state index < -0.39 is 0 Å². The minimum absolute atomic E-state index is 0.0134. The third-order valence-electron chi connectivity index (χ3n) is 3.77. The second-order valence-electron chi connectivity index (χ2n) is 5.76. The largest absolute Gasteiger partial charge is 0.394 e. The van der Waals surface area contributed by atoms with Crippen LogP contribution in [0.3, 0.4) is 0 Å². The van der Waals surface area contributed by atoms with Crippen molar-refractivity contribution >= 4 is 0 Å². The van der Waals surface area contributed by atoms with Gasteiger partial charge in [-0.25, -0.2) is 0 Å². The van der Waals surface area contributed by atoms with E-state index in [1.165, 1.54) is 11.1 Å². The highest BCUT2D eigenvalue weighted by Crippen LogP contribution is 2.32. The van der Waals surface area contributed by atoms with Crippen LogP contribution in [0.25, 0.3) is 0 Å². The molecule has 2 aromatic rings. The maximum absolute atomic E-state index is 8.58. The quantitative estimate of drug-likeness (QED) is 0.438. The molecule has 0 bridgehead atoms. The summed E-state index contributed by atoms with van der Waals surface area (Å²) in [6.07, 6.45) is 0. The zero-order valence-electron chi connectivity index (χ0n) is 13.7. The van der Waals surface area contributed by atoms with Gasteiger partial charge in [0, 0.05) is 5.41 Å². The number of rotatable bonds is 9. The third-order valence-corrected chi connectivity index (χ3v) is 3.77. The summed E-state index contributed by atoms with van der Waals surface area (Å²) in [7, 11) is 0. The average molecular weight is 316 g/mol. The lowest BCUT2D eigenvalue weighted by molar-refractivity contribution is -0.215. The van der Waals surface area contributed by atoms with Gasteiger partial charge in [-0.1, -0.05) is 56.3 Å². The van der Waals surface area contributed by atoms with E-state index in [1.807, 2.05) is 30.3 Å². The SMILES string of the molecule is CC(C)(c1ccccc1)c1ccc(OOCCOCCO)cc1. The molecule has 0 aromatic heterocycles. The van der Waals surface area contributed by atoms with Crippen molar-refractivity contribution in [3.8, 4) is 5.75 Å². The molecule has 0 radical (unpaired) electrons. The van der Waals surface area contributed by atoms with Gasteiger partial charge < -0.3 is 14.7 Å². The Bertz CT molecular complexity index is 564. The van der Waals surface area contributed by atoms with Crippen LogP contribution in [0.4, 0.5) is 0 Å². The van der Waals surface area contributed by atoms with Gasteiger partial charge in [0.25, 0.3) is 0 Å². The Morgan fingerprint density at radius 3 is 2.13 bits per heavy atom. The molecule has 0 saturated carbocycles. The van der Waals surface area contributed by atoms with Crippen LogP contribution in [0.2, 0.25) is 0 Å². The molecular weight excluding hydrogens is 292 g/mol. The Morgan fingerprint density at radius 2 is 1.48 bits per heavy atom. The number of hydrogen-bond donors (Lipinski definition) is 1. The Kier molecular flexibility index (Phi) is 6.59. The van der Waals surface area contributed by atoms with Crippen LogP contribution >= 0.6 is 0 Å². The Morgan fingerprint density at radius 1 is 0.826 bits per heavy atom. The molecule has 4 nitrogen and oxygen atoms in total. The van der Waals surface area contributed by atoms with E-state index in [4.69, 9.17) is 19.6 Å². The summed E-state index contributed by atoms with van der Waals surface area (Å²) in [5, 5.41) is 8.58. The van der Waals surface area contributed by atoms with E-state index in [0.29, 0.717) is 25.6 Å². The fraction of sp³-hybridized carbons (Fsp3) is 0.368. The monoisotopic (exact) mass is 316 g/mol. The van der Waals surface area contributed by atoms with Crippen LogP contribution in [0, 0.1) is 0 Å². The van der Waals surface area contributed by atoms with Crippen molar-refractivity contribution in [1.82, 2.24) is 0 Å². The molecular formula is C19H24O4. The van der Waals surface area contributed by atoms with Crippen LogP contribution in [0.15, 0.2) is 54.6 Å². The van der Waals surface area contributed by atoms with Crippen LogP contribution in [-0.4, -0.2) is 31.5 Å². The van der Waals surface area contributed by atoms with Gasteiger partial charge in [0.2, 0.25) is 0 Å². The topological polar surface area (TPSA) is 47.9 Å². The lowest BCUT2D eigenvalue weighted by Crippen LogP contribution is -2.18. The van der Waals surface area contributed by atoms with E-state index in [1.54, 1.807) is 0 Å². The van der Waals surface area contributed by atoms with Crippen molar-refractivity contribution in [3.63, 3.8) is 0 Å². The fourth-order valence-electron chi connectivity index (χ4n) is 2.32. The molecule has 0 amide bonds. The van der Waals surface area contributed by atoms with Gasteiger partial charge in [0.05, 0.1) is 19.8 Å². The summed E-state index contributed by atoms with van der Waals surface area (Å²) in [6.45, 7) is 5.43. The molecule has 0 heterocycles. The van der Waals surface area contributed by atoms with Gasteiger partial charge in [0.15, 0.2) is 5.75 Å². The van der Waals surface area contributed by atoms with Gasteiger partial charge in [-0.15, -0.1) is 0 Å². The second-order valence-corrected chi connectivity index (χ2v) is 5.76. The van der Waals surface area contributed by atoms with Crippen molar-refractivity contribution < 1.29 is 19.6 Å². The second kappa shape index (κ2) is 8.67. The van der Waals surface area contributed by atoms with Crippen molar-refractivity contribution in [2.75, 3.05) is 26.4 Å². The molecule has 0 atom stereocenters. The van der Waals surface area contributed by atoms with E-state index >= 15 is 0 Å². The molecule has 4 heteroatoms. The molecule has 23 heavy (non-hydrogen) atoms. The number of aliphatic hydroxyl groups excluding tert-OH is 1. The molecule has 0 fully saturated rings. The van der Waals surface area contributed by atoms with E-state index in [0.717, 1.165) is 0 Å². The first-order valence-corrected chi connectivity index (χ1v) is 7.79. The summed E-state index contributed by atoms with van der Waals surface area (Å²) >= 11 is 0. The van der Waals surface area contributed by atoms with Crippen molar-refractivity contribution in [1.29, 1.82) is 0 Å². The summed E-state index contributed by atoms with van der Waals surface area (Å²) < 4.78 is 5.08. The first-order valence-electron chi connectivity index (χ1n) is 7.79. The van der Waals surface area contributed by atoms with Crippen LogP contribution in [0.5, 0.6) is 5.75 Å². The molecule has 1 N–H and O–H groups in total. The van der Waals surface area contributed by atoms with Crippen molar-refractivity contribution in [2.24, 2.45) is 0 Å². The minimum atomic E-state index is -0.0707. The van der Waals surface area contributed by atoms with Gasteiger partial charge >= 0.3 is 0 Å². The summed E-state index contributed by atoms with van der Waals surface area (Å²) in [6, 6.07) is 18.3. The normalized spacial score (nSPS) is 11.4. The summed E-state index contributed by atoms with van der Waals surface area (Å²) in [5.74, 6) is 0.653. The molecule has 0 saturated heterocycles. The first kappa shape index (κ1) is 17.5. The van der Waals surface area contributed by atoms with Gasteiger partial charge in [-0.05, 0) is 23.3 Å². The lowest BCUT2D eigenvalue weighted by atomic mass is 9.78. The highest BCUT2D eigenvalue weighted by atomic mass is 17.2. The van der Waals surface area contributed by atoms with E-state index in [2.05, 4.69) is 38.1 Å². The lowest BCUT2D eigenvalue weighted by Gasteiger charge is -2.26. The minimum Gasteiger partial charge on any atom is -0.394 e. The number of hydrogen-bond acceptors (Lipinski definition) is 4. The summed E-state index contributed by atoms with van der Waals surface area (Å²) in [5.41, 5.74) is 2.41. The van der Waals surface area contributed by atoms with Crippen LogP contribution in [-0.2, 0) is 15.0 Å². The van der Waals surface area contributed by atoms with Gasteiger partial charge in [0.1, 0.15) is 6.61 Å². The Labute approximate surface area is 137 Å². The van der Waals surface area contributed by atoms with Crippen LogP contribution in [0.1, 0.15) is 25.0 Å². The molecule has 0 aliphatic heterocycles. The average Bonchev–Trinajstić information content (AvgIpc) is 2.59. The fourth-order valence-corrected chi connectivity index (χ4v) is 2.32. The van der Waals surface area contributed by atoms with Gasteiger partial charge in [-0.2, -0.15) is 4.89 Å². The molecule has 2 aromatic carbocycles. The molecule has 0 unspecified atom stereocenters. The van der Waals surface area contributed by atoms with E-state index in [-0.39, 0.29) is 12.0 Å². The maximum Gasteiger partial charge on any atom is 0.165 e. The van der Waals surface area contributed by atoms with E-state index in [9.17, 15) is 0 Å². The number of benzene rings is 2. The van der Waals surface area contributed by atoms with Crippen molar-refractivity contribution in [3.05, 3.63) is 65.7 Å². The molecule has 0 aliphatic rings. The molecule has 2 rings (SSSR count). The van der Waals surface area contributed by atoms with Crippen LogP contribution < -0.4 is 4.89 Å². The zero-order valence-corrected chi connectivity index (χ0v) is 13.7. The maximum atomic E-state index is 8.58. The number of ether oxygens (including phenoxy) is 1. The predicted molar refractivity (Wildman–Crippen MR) is 89.5 cm³/mol. The molecule has 124 valence electrons. The van der Waals surface area contributed by atoms with Crippen molar-refractivity contribution in [2.45, 2.75) is 19.3 Å². The Hall–Kier alpha value is -1.88. The first-order chi connectivity index (χ1) is 11.1. The standard InChI is InChI=1S/C19H24O4/c1-19(2,16-6-4-3-5-7-16)17-8-10-18(11-9-17)23-22-15-14-21-13-12-20/h3-11,20H,12-15H2,1-2H3. The van der Waals surface area contributed by atoms with Gasteiger partial charge in [-0.3, -0.25) is 0 Å². The molecule has 0 spiro atoms.